The number of ether oxygens (including phenoxy) is 1. The molecule has 0 spiro atoms. The highest BCUT2D eigenvalue weighted by Crippen LogP contribution is 2.30. The zero-order valence-corrected chi connectivity index (χ0v) is 10.0. The third kappa shape index (κ3) is 3.02. The van der Waals surface area contributed by atoms with E-state index in [-0.39, 0.29) is 12.4 Å². The molecule has 0 fully saturated rings. The first-order valence-electron chi connectivity index (χ1n) is 5.89. The summed E-state index contributed by atoms with van der Waals surface area (Å²) >= 11 is 0. The molecular formula is C15H16O3. The standard InChI is InChI=1S/C15H16O3/c16-10-9-13-7-4-8-14(15(13)17)18-11-12-5-2-1-3-6-12/h1-8,16-17H,9-11H2. The molecule has 18 heavy (non-hydrogen) atoms. The average molecular weight is 244 g/mol. The van der Waals surface area contributed by atoms with Gasteiger partial charge in [0.2, 0.25) is 0 Å². The summed E-state index contributed by atoms with van der Waals surface area (Å²) in [5, 5.41) is 18.9. The zero-order chi connectivity index (χ0) is 12.8. The van der Waals surface area contributed by atoms with E-state index in [9.17, 15) is 5.11 Å². The van der Waals surface area contributed by atoms with E-state index in [4.69, 9.17) is 9.84 Å². The summed E-state index contributed by atoms with van der Waals surface area (Å²) in [5.41, 5.74) is 1.74. The molecule has 0 saturated heterocycles. The van der Waals surface area contributed by atoms with Crippen LogP contribution in [0.5, 0.6) is 11.5 Å². The highest BCUT2D eigenvalue weighted by Gasteiger charge is 2.07. The molecule has 0 aliphatic carbocycles. The van der Waals surface area contributed by atoms with Crippen LogP contribution in [0.4, 0.5) is 0 Å². The molecule has 0 atom stereocenters. The Labute approximate surface area is 106 Å². The Morgan fingerprint density at radius 2 is 1.72 bits per heavy atom. The molecule has 2 N–H and O–H groups in total. The molecule has 2 aromatic carbocycles. The summed E-state index contributed by atoms with van der Waals surface area (Å²) in [6.07, 6.45) is 0.425. The first kappa shape index (κ1) is 12.5. The number of aromatic hydroxyl groups is 1. The molecule has 2 aromatic rings. The van der Waals surface area contributed by atoms with Gasteiger partial charge in [0, 0.05) is 12.2 Å². The van der Waals surface area contributed by atoms with E-state index in [0.29, 0.717) is 24.3 Å². The van der Waals surface area contributed by atoms with Crippen molar-refractivity contribution in [3.8, 4) is 11.5 Å². The summed E-state index contributed by atoms with van der Waals surface area (Å²) in [6, 6.07) is 15.1. The maximum atomic E-state index is 9.96. The molecule has 0 bridgehead atoms. The Balaban J connectivity index is 2.08. The summed E-state index contributed by atoms with van der Waals surface area (Å²) in [5.74, 6) is 0.562. The SMILES string of the molecule is OCCc1cccc(OCc2ccccc2)c1O. The summed E-state index contributed by atoms with van der Waals surface area (Å²) in [7, 11) is 0. The predicted octanol–water partition coefficient (Wildman–Crippen LogP) is 2.51. The van der Waals surface area contributed by atoms with Crippen LogP contribution in [0.15, 0.2) is 48.5 Å². The average Bonchev–Trinajstić information content (AvgIpc) is 2.41. The Morgan fingerprint density at radius 1 is 0.944 bits per heavy atom. The lowest BCUT2D eigenvalue weighted by Gasteiger charge is -2.10. The number of hydrogen-bond acceptors (Lipinski definition) is 3. The fourth-order valence-corrected chi connectivity index (χ4v) is 1.74. The number of hydrogen-bond donors (Lipinski definition) is 2. The molecule has 2 rings (SSSR count). The van der Waals surface area contributed by atoms with Crippen LogP contribution in [0.1, 0.15) is 11.1 Å². The van der Waals surface area contributed by atoms with Crippen molar-refractivity contribution >= 4 is 0 Å². The zero-order valence-electron chi connectivity index (χ0n) is 10.0. The van der Waals surface area contributed by atoms with Crippen LogP contribution in [0.3, 0.4) is 0 Å². The minimum absolute atomic E-state index is 0.00962. The van der Waals surface area contributed by atoms with Crippen LogP contribution in [-0.2, 0) is 13.0 Å². The number of benzene rings is 2. The number of aliphatic hydroxyl groups excluding tert-OH is 1. The molecule has 0 amide bonds. The second-order valence-electron chi connectivity index (χ2n) is 4.01. The lowest BCUT2D eigenvalue weighted by molar-refractivity contribution is 0.281. The van der Waals surface area contributed by atoms with Gasteiger partial charge in [-0.05, 0) is 18.1 Å². The Morgan fingerprint density at radius 3 is 2.44 bits per heavy atom. The highest BCUT2D eigenvalue weighted by molar-refractivity contribution is 5.45. The van der Waals surface area contributed by atoms with E-state index in [0.717, 1.165) is 5.56 Å². The van der Waals surface area contributed by atoms with Crippen molar-refractivity contribution in [1.82, 2.24) is 0 Å². The quantitative estimate of drug-likeness (QED) is 0.849. The fraction of sp³-hybridized carbons (Fsp3) is 0.200. The van der Waals surface area contributed by atoms with Crippen LogP contribution in [-0.4, -0.2) is 16.8 Å². The Kier molecular flexibility index (Phi) is 4.20. The van der Waals surface area contributed by atoms with Crippen molar-refractivity contribution in [3.63, 3.8) is 0 Å². The predicted molar refractivity (Wildman–Crippen MR) is 69.7 cm³/mol. The van der Waals surface area contributed by atoms with Gasteiger partial charge in [0.25, 0.3) is 0 Å². The van der Waals surface area contributed by atoms with Gasteiger partial charge < -0.3 is 14.9 Å². The highest BCUT2D eigenvalue weighted by atomic mass is 16.5. The molecule has 0 aliphatic heterocycles. The molecule has 0 aliphatic rings. The third-order valence-corrected chi connectivity index (χ3v) is 2.70. The van der Waals surface area contributed by atoms with Crippen LogP contribution >= 0.6 is 0 Å². The van der Waals surface area contributed by atoms with Crippen molar-refractivity contribution in [2.75, 3.05) is 6.61 Å². The molecule has 94 valence electrons. The number of para-hydroxylation sites is 1. The monoisotopic (exact) mass is 244 g/mol. The topological polar surface area (TPSA) is 49.7 Å². The molecule has 3 nitrogen and oxygen atoms in total. The van der Waals surface area contributed by atoms with Gasteiger partial charge in [-0.25, -0.2) is 0 Å². The van der Waals surface area contributed by atoms with Gasteiger partial charge >= 0.3 is 0 Å². The Hall–Kier alpha value is -2.00. The molecule has 0 radical (unpaired) electrons. The fourth-order valence-electron chi connectivity index (χ4n) is 1.74. The van der Waals surface area contributed by atoms with Crippen LogP contribution in [0.2, 0.25) is 0 Å². The van der Waals surface area contributed by atoms with E-state index in [2.05, 4.69) is 0 Å². The van der Waals surface area contributed by atoms with Crippen LogP contribution in [0.25, 0.3) is 0 Å². The van der Waals surface area contributed by atoms with Gasteiger partial charge in [0.1, 0.15) is 6.61 Å². The second-order valence-corrected chi connectivity index (χ2v) is 4.01. The first-order valence-corrected chi connectivity index (χ1v) is 5.89. The normalized spacial score (nSPS) is 10.3. The molecular weight excluding hydrogens is 228 g/mol. The van der Waals surface area contributed by atoms with E-state index in [1.54, 1.807) is 12.1 Å². The second kappa shape index (κ2) is 6.07. The van der Waals surface area contributed by atoms with Gasteiger partial charge in [-0.2, -0.15) is 0 Å². The van der Waals surface area contributed by atoms with Gasteiger partial charge in [-0.1, -0.05) is 42.5 Å². The molecule has 0 saturated carbocycles. The van der Waals surface area contributed by atoms with Crippen LogP contribution in [0, 0.1) is 0 Å². The largest absolute Gasteiger partial charge is 0.504 e. The molecule has 0 heterocycles. The van der Waals surface area contributed by atoms with Crippen molar-refractivity contribution < 1.29 is 14.9 Å². The van der Waals surface area contributed by atoms with Gasteiger partial charge in [-0.15, -0.1) is 0 Å². The van der Waals surface area contributed by atoms with E-state index in [1.165, 1.54) is 0 Å². The number of phenols is 1. The summed E-state index contributed by atoms with van der Waals surface area (Å²) < 4.78 is 5.58. The maximum Gasteiger partial charge on any atom is 0.161 e. The maximum absolute atomic E-state index is 9.96. The number of phenolic OH excluding ortho intramolecular Hbond substituents is 1. The van der Waals surface area contributed by atoms with E-state index in [1.807, 2.05) is 36.4 Å². The van der Waals surface area contributed by atoms with Crippen molar-refractivity contribution in [3.05, 3.63) is 59.7 Å². The van der Waals surface area contributed by atoms with E-state index >= 15 is 0 Å². The lowest BCUT2D eigenvalue weighted by atomic mass is 10.1. The van der Waals surface area contributed by atoms with Gasteiger partial charge in [0.05, 0.1) is 0 Å². The van der Waals surface area contributed by atoms with Gasteiger partial charge in [0.15, 0.2) is 11.5 Å². The third-order valence-electron chi connectivity index (χ3n) is 2.70. The number of aliphatic hydroxyl groups is 1. The Bertz CT molecular complexity index is 494. The summed E-state index contributed by atoms with van der Waals surface area (Å²) in [6.45, 7) is 0.423. The van der Waals surface area contributed by atoms with Crippen LogP contribution < -0.4 is 4.74 Å². The molecule has 3 heteroatoms. The lowest BCUT2D eigenvalue weighted by Crippen LogP contribution is -1.97. The number of rotatable bonds is 5. The molecule has 0 aromatic heterocycles. The van der Waals surface area contributed by atoms with Gasteiger partial charge in [-0.3, -0.25) is 0 Å². The van der Waals surface area contributed by atoms with E-state index < -0.39 is 0 Å². The molecule has 0 unspecified atom stereocenters. The minimum atomic E-state index is 0.00962. The first-order chi connectivity index (χ1) is 8.81. The van der Waals surface area contributed by atoms with Crippen molar-refractivity contribution in [2.24, 2.45) is 0 Å². The minimum Gasteiger partial charge on any atom is -0.504 e. The smallest absolute Gasteiger partial charge is 0.161 e. The van der Waals surface area contributed by atoms with Crippen molar-refractivity contribution in [1.29, 1.82) is 0 Å². The van der Waals surface area contributed by atoms with Crippen molar-refractivity contribution in [2.45, 2.75) is 13.0 Å². The summed E-state index contributed by atoms with van der Waals surface area (Å²) in [4.78, 5) is 0.